The highest BCUT2D eigenvalue weighted by atomic mass is 32.1. The number of morpholine rings is 1. The molecule has 0 radical (unpaired) electrons. The van der Waals surface area contributed by atoms with E-state index in [4.69, 9.17) is 10.6 Å². The van der Waals surface area contributed by atoms with Crippen LogP contribution in [-0.2, 0) is 11.3 Å². The third-order valence-electron chi connectivity index (χ3n) is 2.70. The molecule has 96 valence electrons. The molecule has 1 fully saturated rings. The number of nitrogens with zero attached hydrogens (tertiary/aromatic N) is 2. The van der Waals surface area contributed by atoms with E-state index in [1.54, 1.807) is 11.3 Å². The molecule has 0 amide bonds. The van der Waals surface area contributed by atoms with E-state index in [9.17, 15) is 0 Å². The Morgan fingerprint density at radius 1 is 1.71 bits per heavy atom. The van der Waals surface area contributed by atoms with Crippen LogP contribution in [0.25, 0.3) is 0 Å². The van der Waals surface area contributed by atoms with Crippen LogP contribution in [0.3, 0.4) is 0 Å². The minimum absolute atomic E-state index is 0.0721. The molecule has 1 aromatic heterocycles. The molecule has 2 rings (SSSR count). The van der Waals surface area contributed by atoms with Crippen molar-refractivity contribution in [1.82, 2.24) is 9.88 Å². The van der Waals surface area contributed by atoms with Crippen molar-refractivity contribution < 1.29 is 4.74 Å². The van der Waals surface area contributed by atoms with Crippen LogP contribution in [0.1, 0.15) is 25.6 Å². The number of anilines is 1. The van der Waals surface area contributed by atoms with Gasteiger partial charge in [-0.1, -0.05) is 11.3 Å². The summed E-state index contributed by atoms with van der Waals surface area (Å²) in [5.74, 6) is 5.33. The highest BCUT2D eigenvalue weighted by Crippen LogP contribution is 2.24. The lowest BCUT2D eigenvalue weighted by Gasteiger charge is -2.41. The number of hydrogen-bond acceptors (Lipinski definition) is 6. The van der Waals surface area contributed by atoms with E-state index >= 15 is 0 Å². The van der Waals surface area contributed by atoms with Gasteiger partial charge in [-0.15, -0.1) is 0 Å². The second-order valence-electron chi connectivity index (χ2n) is 5.13. The minimum atomic E-state index is -0.0721. The molecule has 6 heteroatoms. The van der Waals surface area contributed by atoms with Crippen LogP contribution >= 0.6 is 11.3 Å². The van der Waals surface area contributed by atoms with E-state index in [-0.39, 0.29) is 11.7 Å². The molecule has 3 N–H and O–H groups in total. The van der Waals surface area contributed by atoms with Gasteiger partial charge in [0.05, 0.1) is 11.7 Å². The first-order chi connectivity index (χ1) is 7.98. The lowest BCUT2D eigenvalue weighted by Crippen LogP contribution is -2.51. The summed E-state index contributed by atoms with van der Waals surface area (Å²) < 4.78 is 5.88. The van der Waals surface area contributed by atoms with Crippen LogP contribution in [0.15, 0.2) is 6.20 Å². The predicted octanol–water partition coefficient (Wildman–Crippen LogP) is 1.43. The number of nitrogens with two attached hydrogens (primary N) is 1. The molecule has 17 heavy (non-hydrogen) atoms. The Bertz CT molecular complexity index is 379. The molecule has 0 bridgehead atoms. The number of hydrogen-bond donors (Lipinski definition) is 2. The summed E-state index contributed by atoms with van der Waals surface area (Å²) in [6.45, 7) is 9.21. The van der Waals surface area contributed by atoms with Gasteiger partial charge in [0.25, 0.3) is 0 Å². The highest BCUT2D eigenvalue weighted by Gasteiger charge is 2.31. The van der Waals surface area contributed by atoms with Crippen molar-refractivity contribution in [2.45, 2.75) is 39.0 Å². The van der Waals surface area contributed by atoms with Crippen LogP contribution < -0.4 is 11.3 Å². The molecule has 1 atom stereocenters. The number of nitrogen functional groups attached to an aromatic ring is 1. The van der Waals surface area contributed by atoms with Gasteiger partial charge >= 0.3 is 0 Å². The molecule has 0 aromatic carbocycles. The molecule has 1 unspecified atom stereocenters. The van der Waals surface area contributed by atoms with Crippen LogP contribution in [0.5, 0.6) is 0 Å². The van der Waals surface area contributed by atoms with E-state index in [1.807, 2.05) is 6.20 Å². The second-order valence-corrected chi connectivity index (χ2v) is 6.25. The van der Waals surface area contributed by atoms with Crippen molar-refractivity contribution in [2.75, 3.05) is 18.5 Å². The van der Waals surface area contributed by atoms with Gasteiger partial charge < -0.3 is 4.74 Å². The van der Waals surface area contributed by atoms with Crippen molar-refractivity contribution in [3.05, 3.63) is 11.1 Å². The van der Waals surface area contributed by atoms with Gasteiger partial charge in [-0.05, 0) is 20.8 Å². The fraction of sp³-hybridized carbons (Fsp3) is 0.727. The summed E-state index contributed by atoms with van der Waals surface area (Å²) in [5, 5.41) is 0.764. The van der Waals surface area contributed by atoms with Crippen molar-refractivity contribution in [3.8, 4) is 0 Å². The molecule has 0 spiro atoms. The SMILES string of the molecule is CC1CN(Cc2cnc(NN)s2)CC(C)(C)O1. The fourth-order valence-electron chi connectivity index (χ4n) is 2.37. The largest absolute Gasteiger partial charge is 0.370 e. The maximum atomic E-state index is 5.88. The fourth-order valence-corrected chi connectivity index (χ4v) is 3.14. The Morgan fingerprint density at radius 2 is 2.47 bits per heavy atom. The Morgan fingerprint density at radius 3 is 3.06 bits per heavy atom. The molecule has 0 aliphatic carbocycles. The smallest absolute Gasteiger partial charge is 0.197 e. The third-order valence-corrected chi connectivity index (χ3v) is 3.61. The van der Waals surface area contributed by atoms with Crippen molar-refractivity contribution in [3.63, 3.8) is 0 Å². The topological polar surface area (TPSA) is 63.4 Å². The number of ether oxygens (including phenoxy) is 1. The summed E-state index contributed by atoms with van der Waals surface area (Å²) in [6, 6.07) is 0. The predicted molar refractivity (Wildman–Crippen MR) is 69.8 cm³/mol. The average Bonchev–Trinajstić information content (AvgIpc) is 2.62. The van der Waals surface area contributed by atoms with Crippen LogP contribution in [0, 0.1) is 0 Å². The summed E-state index contributed by atoms with van der Waals surface area (Å²) in [4.78, 5) is 7.81. The van der Waals surface area contributed by atoms with Gasteiger partial charge in [-0.2, -0.15) is 0 Å². The van der Waals surface area contributed by atoms with E-state index < -0.39 is 0 Å². The number of hydrazine groups is 1. The normalized spacial score (nSPS) is 24.8. The van der Waals surface area contributed by atoms with E-state index in [0.29, 0.717) is 0 Å². The minimum Gasteiger partial charge on any atom is -0.370 e. The monoisotopic (exact) mass is 256 g/mol. The Balaban J connectivity index is 1.98. The molecule has 0 saturated carbocycles. The first kappa shape index (κ1) is 12.8. The summed E-state index contributed by atoms with van der Waals surface area (Å²) in [5.41, 5.74) is 2.50. The van der Waals surface area contributed by atoms with Gasteiger partial charge in [0.15, 0.2) is 5.13 Å². The highest BCUT2D eigenvalue weighted by molar-refractivity contribution is 7.15. The third kappa shape index (κ3) is 3.38. The van der Waals surface area contributed by atoms with E-state index in [1.165, 1.54) is 4.88 Å². The van der Waals surface area contributed by atoms with Gasteiger partial charge in [-0.25, -0.2) is 10.8 Å². The second kappa shape index (κ2) is 4.89. The van der Waals surface area contributed by atoms with Crippen LogP contribution in [0.2, 0.25) is 0 Å². The molecule has 5 nitrogen and oxygen atoms in total. The van der Waals surface area contributed by atoms with Crippen molar-refractivity contribution in [1.29, 1.82) is 0 Å². The summed E-state index contributed by atoms with van der Waals surface area (Å²) in [6.07, 6.45) is 2.16. The zero-order chi connectivity index (χ0) is 12.5. The van der Waals surface area contributed by atoms with Crippen LogP contribution in [-0.4, -0.2) is 34.7 Å². The first-order valence-corrected chi connectivity index (χ1v) is 6.62. The Labute approximate surface area is 106 Å². The number of rotatable bonds is 3. The summed E-state index contributed by atoms with van der Waals surface area (Å²) in [7, 11) is 0. The maximum Gasteiger partial charge on any atom is 0.197 e. The number of thiazole rings is 1. The Kier molecular flexibility index (Phi) is 3.67. The first-order valence-electron chi connectivity index (χ1n) is 5.80. The van der Waals surface area contributed by atoms with Crippen molar-refractivity contribution in [2.24, 2.45) is 5.84 Å². The molecule has 1 aliphatic heterocycles. The molecular formula is C11H20N4OS. The van der Waals surface area contributed by atoms with Crippen molar-refractivity contribution >= 4 is 16.5 Å². The average molecular weight is 256 g/mol. The molecule has 1 saturated heterocycles. The number of nitrogens with one attached hydrogen (secondary N) is 1. The molecule has 1 aliphatic rings. The van der Waals surface area contributed by atoms with E-state index in [2.05, 4.69) is 36.1 Å². The summed E-state index contributed by atoms with van der Waals surface area (Å²) >= 11 is 1.60. The van der Waals surface area contributed by atoms with Gasteiger partial charge in [0, 0.05) is 30.7 Å². The zero-order valence-electron chi connectivity index (χ0n) is 10.6. The quantitative estimate of drug-likeness (QED) is 0.633. The standard InChI is InChI=1S/C11H20N4OS/c1-8-5-15(7-11(2,3)16-8)6-9-4-13-10(14-12)17-9/h4,8H,5-7,12H2,1-3H3,(H,13,14). The van der Waals surface area contributed by atoms with E-state index in [0.717, 1.165) is 24.8 Å². The zero-order valence-corrected chi connectivity index (χ0v) is 11.4. The molecule has 2 heterocycles. The Hall–Kier alpha value is -0.690. The van der Waals surface area contributed by atoms with Crippen LogP contribution in [0.4, 0.5) is 5.13 Å². The maximum absolute atomic E-state index is 5.88. The lowest BCUT2D eigenvalue weighted by atomic mass is 10.1. The lowest BCUT2D eigenvalue weighted by molar-refractivity contribution is -0.130. The number of aromatic nitrogens is 1. The van der Waals surface area contributed by atoms with Gasteiger partial charge in [0.2, 0.25) is 0 Å². The molecular weight excluding hydrogens is 236 g/mol. The van der Waals surface area contributed by atoms with Gasteiger partial charge in [-0.3, -0.25) is 10.3 Å². The molecule has 1 aromatic rings. The van der Waals surface area contributed by atoms with Gasteiger partial charge in [0.1, 0.15) is 0 Å².